The van der Waals surface area contributed by atoms with E-state index in [1.165, 1.54) is 25.2 Å². The minimum atomic E-state index is -0.553. The van der Waals surface area contributed by atoms with Gasteiger partial charge in [-0.3, -0.25) is 28.8 Å². The Labute approximate surface area is 456 Å². The third kappa shape index (κ3) is 14.0. The Kier molecular flexibility index (Phi) is 17.8. The normalized spacial score (nSPS) is 20.8. The summed E-state index contributed by atoms with van der Waals surface area (Å²) in [5.74, 6) is -2.37. The van der Waals surface area contributed by atoms with E-state index in [2.05, 4.69) is 46.9 Å². The van der Waals surface area contributed by atoms with Crippen molar-refractivity contribution in [3.8, 4) is 17.2 Å². The summed E-state index contributed by atoms with van der Waals surface area (Å²) >= 11 is 0. The van der Waals surface area contributed by atoms with E-state index in [0.29, 0.717) is 32.1 Å². The van der Waals surface area contributed by atoms with Crippen molar-refractivity contribution in [1.29, 1.82) is 0 Å². The van der Waals surface area contributed by atoms with E-state index in [-0.39, 0.29) is 83.8 Å². The quantitative estimate of drug-likeness (QED) is 0.0390. The van der Waals surface area contributed by atoms with E-state index in [4.69, 9.17) is 23.7 Å². The molecule has 9 atom stereocenters. The fraction of sp³-hybridized carbons (Fsp3) is 0.379. The lowest BCUT2D eigenvalue weighted by Gasteiger charge is -2.16. The number of nitrogens with one attached hydrogen (secondary N) is 9. The molecule has 3 fully saturated rings. The molecule has 6 amide bonds. The molecule has 21 heteroatoms. The van der Waals surface area contributed by atoms with Gasteiger partial charge in [-0.25, -0.2) is 0 Å². The molecule has 3 aromatic carbocycles. The van der Waals surface area contributed by atoms with E-state index in [0.717, 1.165) is 16.7 Å². The minimum absolute atomic E-state index is 0.0149. The van der Waals surface area contributed by atoms with Crippen LogP contribution in [-0.4, -0.2) is 125 Å². The van der Waals surface area contributed by atoms with Crippen LogP contribution in [0.15, 0.2) is 109 Å². The number of aliphatic hydroxyl groups is 1. The smallest absolute Gasteiger partial charge is 0.271 e. The first-order valence-electron chi connectivity index (χ1n) is 26.6. The van der Waals surface area contributed by atoms with Gasteiger partial charge in [0, 0.05) is 44.4 Å². The summed E-state index contributed by atoms with van der Waals surface area (Å²) in [6.07, 6.45) is -0.381. The van der Waals surface area contributed by atoms with Crippen LogP contribution in [0, 0.1) is 0 Å². The topological polar surface area (TPSA) is 288 Å². The molecule has 3 aliphatic rings. The van der Waals surface area contributed by atoms with Crippen molar-refractivity contribution < 1.29 is 57.6 Å². The number of hydrogen-bond donors (Lipinski definition) is 10. The molecule has 416 valence electrons. The lowest BCUT2D eigenvalue weighted by Crippen LogP contribution is -2.37. The average molecular weight is 1080 g/mol. The Morgan fingerprint density at radius 1 is 0.506 bits per heavy atom. The van der Waals surface area contributed by atoms with Crippen molar-refractivity contribution in [2.75, 3.05) is 33.4 Å². The van der Waals surface area contributed by atoms with Crippen LogP contribution < -0.4 is 46.1 Å². The number of ether oxygens (including phenoxy) is 5. The van der Waals surface area contributed by atoms with Crippen molar-refractivity contribution in [1.82, 2.24) is 46.9 Å². The zero-order chi connectivity index (χ0) is 55.6. The van der Waals surface area contributed by atoms with Gasteiger partial charge in [0.2, 0.25) is 0 Å². The highest BCUT2D eigenvalue weighted by molar-refractivity contribution is 6.02. The highest BCUT2D eigenvalue weighted by Gasteiger charge is 2.33. The summed E-state index contributed by atoms with van der Waals surface area (Å²) in [5.41, 5.74) is 3.12. The standard InChI is InChI=1S/C58H67N9O12/c1-32(35-14-8-5-9-15-35)77-47-25-45(65-50(47)56(72)59-4)54(70)63-39-23-42(75-30-39)29-61-58(74)52-49(79-34(3)37-18-12-7-13-19-37)27-46(67-52)55(71)64-40-24-43(76-31-40)28-60-57(73)51-48(78-33(2)36-16-10-6-11-17-36)26-44(66-51)53(69)62-38-20-21-41(68)22-38/h5-19,25-27,32-34,38-43,65-68H,20-24,28-31H2,1-4H3,(H,59,72)(H,60,73)(H,61,74)(H,62,69)(H,63,70)(H,64,71)/t32?,33?,34?,38-,39-,40+,41-,42?,43?/m0/s1. The van der Waals surface area contributed by atoms with Crippen LogP contribution >= 0.6 is 0 Å². The minimum Gasteiger partial charge on any atom is -0.484 e. The molecule has 21 nitrogen and oxygen atoms in total. The monoisotopic (exact) mass is 1080 g/mol. The highest BCUT2D eigenvalue weighted by Crippen LogP contribution is 2.31. The predicted octanol–water partition coefficient (Wildman–Crippen LogP) is 5.73. The molecule has 0 spiro atoms. The summed E-state index contributed by atoms with van der Waals surface area (Å²) in [7, 11) is 1.49. The summed E-state index contributed by atoms with van der Waals surface area (Å²) in [4.78, 5) is 90.0. The number of aromatic nitrogens is 3. The van der Waals surface area contributed by atoms with Crippen LogP contribution in [0.25, 0.3) is 0 Å². The average Bonchev–Trinajstić information content (AvgIpc) is 4.36. The number of carbonyl (C=O) groups excluding carboxylic acids is 6. The predicted molar refractivity (Wildman–Crippen MR) is 289 cm³/mol. The molecule has 79 heavy (non-hydrogen) atoms. The Morgan fingerprint density at radius 2 is 0.861 bits per heavy atom. The fourth-order valence-corrected chi connectivity index (χ4v) is 9.90. The Hall–Kier alpha value is -8.40. The van der Waals surface area contributed by atoms with Gasteiger partial charge in [-0.15, -0.1) is 0 Å². The van der Waals surface area contributed by atoms with Gasteiger partial charge in [0.05, 0.1) is 43.6 Å². The maximum absolute atomic E-state index is 14.0. The van der Waals surface area contributed by atoms with Gasteiger partial charge in [0.15, 0.2) is 17.2 Å². The summed E-state index contributed by atoms with van der Waals surface area (Å²) < 4.78 is 30.7. The van der Waals surface area contributed by atoms with E-state index in [1.807, 2.05) is 112 Å². The molecular weight excluding hydrogens is 1010 g/mol. The number of amides is 6. The number of aromatic amines is 3. The molecular formula is C58H67N9O12. The first-order chi connectivity index (χ1) is 38.2. The molecule has 0 radical (unpaired) electrons. The number of hydrogen-bond acceptors (Lipinski definition) is 12. The van der Waals surface area contributed by atoms with Gasteiger partial charge in [-0.2, -0.15) is 0 Å². The Morgan fingerprint density at radius 3 is 1.20 bits per heavy atom. The van der Waals surface area contributed by atoms with Crippen molar-refractivity contribution in [2.45, 2.75) is 108 Å². The van der Waals surface area contributed by atoms with Gasteiger partial charge < -0.3 is 75.6 Å². The van der Waals surface area contributed by atoms with Crippen molar-refractivity contribution in [3.63, 3.8) is 0 Å². The van der Waals surface area contributed by atoms with E-state index in [1.54, 1.807) is 0 Å². The van der Waals surface area contributed by atoms with E-state index < -0.39 is 84.2 Å². The molecule has 6 aromatic rings. The number of benzene rings is 3. The summed E-state index contributed by atoms with van der Waals surface area (Å²) in [5, 5.41) is 27.2. The van der Waals surface area contributed by atoms with Gasteiger partial charge >= 0.3 is 0 Å². The zero-order valence-corrected chi connectivity index (χ0v) is 44.4. The van der Waals surface area contributed by atoms with Crippen molar-refractivity contribution in [3.05, 3.63) is 160 Å². The lowest BCUT2D eigenvalue weighted by atomic mass is 10.1. The molecule has 3 aromatic heterocycles. The number of rotatable bonds is 22. The van der Waals surface area contributed by atoms with E-state index in [9.17, 15) is 33.9 Å². The second-order valence-corrected chi connectivity index (χ2v) is 20.1. The van der Waals surface area contributed by atoms with Gasteiger partial charge in [0.1, 0.15) is 52.5 Å². The number of H-pyrrole nitrogens is 3. The van der Waals surface area contributed by atoms with Crippen molar-refractivity contribution in [2.24, 2.45) is 0 Å². The molecule has 5 unspecified atom stereocenters. The SMILES string of the molecule is CNC(=O)c1[nH]c(C(=O)N[C@@H]2COC(CNC(=O)c3[nH]c(C(=O)N[C@H]4COC(CNC(=O)c5[nH]c(C(=O)N[C@H]6CC[C@H](O)C6)cc5OC(C)c5ccccc5)C4)cc3OC(C)c3ccccc3)C2)cc1OC(C)c1ccccc1. The summed E-state index contributed by atoms with van der Waals surface area (Å²) in [6, 6.07) is 31.8. The number of aliphatic hydroxyl groups excluding tert-OH is 1. The van der Waals surface area contributed by atoms with Crippen LogP contribution in [0.4, 0.5) is 0 Å². The molecule has 1 saturated carbocycles. The molecule has 0 bridgehead atoms. The van der Waals surface area contributed by atoms with Crippen LogP contribution in [0.5, 0.6) is 17.2 Å². The molecule has 9 rings (SSSR count). The highest BCUT2D eigenvalue weighted by atomic mass is 16.5. The fourth-order valence-electron chi connectivity index (χ4n) is 9.90. The third-order valence-corrected chi connectivity index (χ3v) is 14.3. The molecule has 2 aliphatic heterocycles. The van der Waals surface area contributed by atoms with Gasteiger partial charge in [0.25, 0.3) is 35.4 Å². The van der Waals surface area contributed by atoms with Crippen LogP contribution in [0.2, 0.25) is 0 Å². The van der Waals surface area contributed by atoms with Crippen LogP contribution in [-0.2, 0) is 9.47 Å². The molecule has 10 N–H and O–H groups in total. The molecule has 2 saturated heterocycles. The maximum Gasteiger partial charge on any atom is 0.271 e. The Balaban J connectivity index is 0.796. The second kappa shape index (κ2) is 25.4. The lowest BCUT2D eigenvalue weighted by molar-refractivity contribution is 0.0832. The van der Waals surface area contributed by atoms with Gasteiger partial charge in [-0.1, -0.05) is 91.0 Å². The first kappa shape index (κ1) is 55.4. The summed E-state index contributed by atoms with van der Waals surface area (Å²) in [6.45, 7) is 6.00. The van der Waals surface area contributed by atoms with Gasteiger partial charge in [-0.05, 0) is 69.6 Å². The van der Waals surface area contributed by atoms with Crippen LogP contribution in [0.1, 0.15) is 151 Å². The van der Waals surface area contributed by atoms with Crippen LogP contribution in [0.3, 0.4) is 0 Å². The van der Waals surface area contributed by atoms with E-state index >= 15 is 0 Å². The number of carbonyl (C=O) groups is 6. The molecule has 1 aliphatic carbocycles. The van der Waals surface area contributed by atoms with Crippen molar-refractivity contribution >= 4 is 35.4 Å². The zero-order valence-electron chi connectivity index (χ0n) is 44.4. The largest absolute Gasteiger partial charge is 0.484 e. The second-order valence-electron chi connectivity index (χ2n) is 20.1. The molecule has 5 heterocycles. The first-order valence-corrected chi connectivity index (χ1v) is 26.6. The third-order valence-electron chi connectivity index (χ3n) is 14.3. The maximum atomic E-state index is 14.0. The Bertz CT molecular complexity index is 3090.